The number of nitrogens with one attached hydrogen (secondary N) is 1. The zero-order valence-electron chi connectivity index (χ0n) is 11.1. The Kier molecular flexibility index (Phi) is 4.58. The number of anilines is 1. The summed E-state index contributed by atoms with van der Waals surface area (Å²) in [5.41, 5.74) is 1.80. The molecule has 0 aliphatic heterocycles. The Morgan fingerprint density at radius 3 is 2.95 bits per heavy atom. The van der Waals surface area contributed by atoms with E-state index in [0.717, 1.165) is 30.0 Å². The molecule has 0 spiro atoms. The van der Waals surface area contributed by atoms with Crippen LogP contribution in [0.4, 0.5) is 10.1 Å². The lowest BCUT2D eigenvalue weighted by atomic mass is 10.2. The zero-order chi connectivity index (χ0) is 13.8. The van der Waals surface area contributed by atoms with Crippen molar-refractivity contribution in [3.8, 4) is 0 Å². The van der Waals surface area contributed by atoms with Crippen LogP contribution in [-0.4, -0.2) is 9.55 Å². The van der Waals surface area contributed by atoms with E-state index in [1.165, 1.54) is 6.07 Å². The van der Waals surface area contributed by atoms with Crippen LogP contribution in [0.5, 0.6) is 0 Å². The maximum atomic E-state index is 13.3. The van der Waals surface area contributed by atoms with Gasteiger partial charge < -0.3 is 9.88 Å². The molecule has 5 heteroatoms. The molecule has 2 aromatic rings. The third kappa shape index (κ3) is 3.35. The molecule has 3 nitrogen and oxygen atoms in total. The van der Waals surface area contributed by atoms with Crippen molar-refractivity contribution in [3.05, 3.63) is 46.2 Å². The first-order valence-electron chi connectivity index (χ1n) is 6.31. The van der Waals surface area contributed by atoms with Gasteiger partial charge in [-0.2, -0.15) is 0 Å². The van der Waals surface area contributed by atoms with Crippen LogP contribution >= 0.6 is 15.9 Å². The SMILES string of the molecule is CCCn1ccnc1CNc1cc(Br)c(F)cc1C. The molecule has 102 valence electrons. The predicted molar refractivity (Wildman–Crippen MR) is 78.7 cm³/mol. The summed E-state index contributed by atoms with van der Waals surface area (Å²) in [6.07, 6.45) is 4.86. The van der Waals surface area contributed by atoms with Crippen molar-refractivity contribution in [1.82, 2.24) is 9.55 Å². The second-order valence-corrected chi connectivity index (χ2v) is 5.33. The van der Waals surface area contributed by atoms with Gasteiger partial charge in [-0.3, -0.25) is 0 Å². The molecule has 0 aliphatic carbocycles. The van der Waals surface area contributed by atoms with E-state index in [2.05, 4.69) is 37.7 Å². The molecule has 1 aromatic heterocycles. The number of nitrogens with zero attached hydrogens (tertiary/aromatic N) is 2. The van der Waals surface area contributed by atoms with Gasteiger partial charge in [-0.05, 0) is 47.0 Å². The lowest BCUT2D eigenvalue weighted by Gasteiger charge is -2.11. The summed E-state index contributed by atoms with van der Waals surface area (Å²) in [5, 5.41) is 3.30. The molecule has 1 aromatic carbocycles. The van der Waals surface area contributed by atoms with E-state index in [4.69, 9.17) is 0 Å². The van der Waals surface area contributed by atoms with Crippen molar-refractivity contribution >= 4 is 21.6 Å². The van der Waals surface area contributed by atoms with E-state index < -0.39 is 0 Å². The normalized spacial score (nSPS) is 10.7. The average molecular weight is 326 g/mol. The number of hydrogen-bond acceptors (Lipinski definition) is 2. The summed E-state index contributed by atoms with van der Waals surface area (Å²) in [6.45, 7) is 5.61. The van der Waals surface area contributed by atoms with Gasteiger partial charge >= 0.3 is 0 Å². The summed E-state index contributed by atoms with van der Waals surface area (Å²) in [6, 6.07) is 3.28. The number of hydrogen-bond donors (Lipinski definition) is 1. The van der Waals surface area contributed by atoms with E-state index in [-0.39, 0.29) is 5.82 Å². The first-order chi connectivity index (χ1) is 9.11. The summed E-state index contributed by atoms with van der Waals surface area (Å²) in [7, 11) is 0. The molecule has 0 unspecified atom stereocenters. The minimum Gasteiger partial charge on any atom is -0.378 e. The van der Waals surface area contributed by atoms with E-state index in [9.17, 15) is 4.39 Å². The highest BCUT2D eigenvalue weighted by molar-refractivity contribution is 9.10. The zero-order valence-corrected chi connectivity index (χ0v) is 12.7. The van der Waals surface area contributed by atoms with Crippen LogP contribution in [0.25, 0.3) is 0 Å². The lowest BCUT2D eigenvalue weighted by molar-refractivity contribution is 0.620. The van der Waals surface area contributed by atoms with Gasteiger partial charge in [0.1, 0.15) is 11.6 Å². The molecule has 2 rings (SSSR count). The summed E-state index contributed by atoms with van der Waals surface area (Å²) >= 11 is 3.20. The van der Waals surface area contributed by atoms with Gasteiger partial charge in [-0.15, -0.1) is 0 Å². The summed E-state index contributed by atoms with van der Waals surface area (Å²) in [4.78, 5) is 4.33. The molecule has 19 heavy (non-hydrogen) atoms. The van der Waals surface area contributed by atoms with Crippen LogP contribution in [0.1, 0.15) is 24.7 Å². The Labute approximate surface area is 121 Å². The number of aromatic nitrogens is 2. The molecule has 1 N–H and O–H groups in total. The van der Waals surface area contributed by atoms with Crippen LogP contribution in [-0.2, 0) is 13.1 Å². The van der Waals surface area contributed by atoms with Crippen LogP contribution < -0.4 is 5.32 Å². The summed E-state index contributed by atoms with van der Waals surface area (Å²) in [5.74, 6) is 0.747. The van der Waals surface area contributed by atoms with Gasteiger partial charge in [0.15, 0.2) is 0 Å². The maximum Gasteiger partial charge on any atom is 0.137 e. The Morgan fingerprint density at radius 2 is 2.21 bits per heavy atom. The minimum atomic E-state index is -0.240. The number of halogens is 2. The Balaban J connectivity index is 2.10. The fourth-order valence-electron chi connectivity index (χ4n) is 1.96. The van der Waals surface area contributed by atoms with E-state index in [1.807, 2.05) is 13.1 Å². The first kappa shape index (κ1) is 14.1. The lowest BCUT2D eigenvalue weighted by Crippen LogP contribution is -2.09. The van der Waals surface area contributed by atoms with Crippen LogP contribution in [0.15, 0.2) is 29.0 Å². The smallest absolute Gasteiger partial charge is 0.137 e. The number of imidazole rings is 1. The molecule has 1 heterocycles. The number of rotatable bonds is 5. The molecule has 0 atom stereocenters. The standard InChI is InChI=1S/C14H17BrFN3/c1-3-5-19-6-4-17-14(19)9-18-13-8-11(15)12(16)7-10(13)2/h4,6-8,18H,3,5,9H2,1-2H3. The van der Waals surface area contributed by atoms with Crippen LogP contribution in [0.2, 0.25) is 0 Å². The maximum absolute atomic E-state index is 13.3. The van der Waals surface area contributed by atoms with E-state index in [1.54, 1.807) is 12.3 Å². The van der Waals surface area contributed by atoms with Crippen LogP contribution in [0.3, 0.4) is 0 Å². The molecule has 0 radical (unpaired) electrons. The molecule has 0 amide bonds. The second-order valence-electron chi connectivity index (χ2n) is 4.47. The molecule has 0 saturated heterocycles. The quantitative estimate of drug-likeness (QED) is 0.896. The van der Waals surface area contributed by atoms with Crippen molar-refractivity contribution in [2.24, 2.45) is 0 Å². The van der Waals surface area contributed by atoms with Crippen molar-refractivity contribution in [2.75, 3.05) is 5.32 Å². The van der Waals surface area contributed by atoms with Crippen LogP contribution in [0, 0.1) is 12.7 Å². The van der Waals surface area contributed by atoms with Crippen molar-refractivity contribution in [1.29, 1.82) is 0 Å². The molecule has 0 fully saturated rings. The Bertz CT molecular complexity index is 566. The number of aryl methyl sites for hydroxylation is 2. The number of benzene rings is 1. The molecule has 0 saturated carbocycles. The van der Waals surface area contributed by atoms with Crippen molar-refractivity contribution < 1.29 is 4.39 Å². The van der Waals surface area contributed by atoms with Crippen molar-refractivity contribution in [2.45, 2.75) is 33.4 Å². The highest BCUT2D eigenvalue weighted by Gasteiger charge is 2.07. The molecule has 0 aliphatic rings. The monoisotopic (exact) mass is 325 g/mol. The average Bonchev–Trinajstić information content (AvgIpc) is 2.80. The third-order valence-corrected chi connectivity index (χ3v) is 3.58. The minimum absolute atomic E-state index is 0.240. The third-order valence-electron chi connectivity index (χ3n) is 2.97. The molecular formula is C14H17BrFN3. The molecule has 0 bridgehead atoms. The largest absolute Gasteiger partial charge is 0.378 e. The van der Waals surface area contributed by atoms with Crippen molar-refractivity contribution in [3.63, 3.8) is 0 Å². The van der Waals surface area contributed by atoms with Gasteiger partial charge in [0.25, 0.3) is 0 Å². The second kappa shape index (κ2) is 6.19. The fourth-order valence-corrected chi connectivity index (χ4v) is 2.31. The predicted octanol–water partition coefficient (Wildman–Crippen LogP) is 4.12. The van der Waals surface area contributed by atoms with E-state index >= 15 is 0 Å². The highest BCUT2D eigenvalue weighted by Crippen LogP contribution is 2.24. The first-order valence-corrected chi connectivity index (χ1v) is 7.10. The highest BCUT2D eigenvalue weighted by atomic mass is 79.9. The Morgan fingerprint density at radius 1 is 1.42 bits per heavy atom. The topological polar surface area (TPSA) is 29.9 Å². The Hall–Kier alpha value is -1.36. The van der Waals surface area contributed by atoms with Gasteiger partial charge in [0.2, 0.25) is 0 Å². The van der Waals surface area contributed by atoms with E-state index in [0.29, 0.717) is 11.0 Å². The van der Waals surface area contributed by atoms with Gasteiger partial charge in [0, 0.05) is 24.6 Å². The summed E-state index contributed by atoms with van der Waals surface area (Å²) < 4.78 is 15.9. The fraction of sp³-hybridized carbons (Fsp3) is 0.357. The molecular weight excluding hydrogens is 309 g/mol. The van der Waals surface area contributed by atoms with Gasteiger partial charge in [-0.25, -0.2) is 9.37 Å². The van der Waals surface area contributed by atoms with Gasteiger partial charge in [-0.1, -0.05) is 6.92 Å². The van der Waals surface area contributed by atoms with Gasteiger partial charge in [0.05, 0.1) is 11.0 Å².